The molecule has 0 spiro atoms. The van der Waals surface area contributed by atoms with Gasteiger partial charge in [-0.3, -0.25) is 4.79 Å². The smallest absolute Gasteiger partial charge is 0.254 e. The molecule has 10 heteroatoms. The second-order valence-electron chi connectivity index (χ2n) is 6.52. The highest BCUT2D eigenvalue weighted by atomic mass is 35.5. The fraction of sp³-hybridized carbons (Fsp3) is 0.278. The number of nitrogens with one attached hydrogen (secondary N) is 1. The van der Waals surface area contributed by atoms with Gasteiger partial charge in [-0.15, -0.1) is 0 Å². The van der Waals surface area contributed by atoms with Gasteiger partial charge >= 0.3 is 0 Å². The van der Waals surface area contributed by atoms with Gasteiger partial charge in [0.15, 0.2) is 19.7 Å². The molecule has 3 rings (SSSR count). The van der Waals surface area contributed by atoms with Crippen LogP contribution in [0.3, 0.4) is 0 Å². The predicted molar refractivity (Wildman–Crippen MR) is 103 cm³/mol. The van der Waals surface area contributed by atoms with Gasteiger partial charge in [-0.2, -0.15) is 0 Å². The quantitative estimate of drug-likeness (QED) is 0.712. The Labute approximate surface area is 167 Å². The van der Waals surface area contributed by atoms with Crippen molar-refractivity contribution in [3.63, 3.8) is 0 Å². The molecule has 1 atom stereocenters. The van der Waals surface area contributed by atoms with Crippen LogP contribution in [0.15, 0.2) is 47.4 Å². The third kappa shape index (κ3) is 4.53. The number of rotatable bonds is 5. The van der Waals surface area contributed by atoms with Crippen LogP contribution in [0, 0.1) is 5.82 Å². The zero-order chi connectivity index (χ0) is 20.5. The van der Waals surface area contributed by atoms with E-state index in [9.17, 15) is 26.0 Å². The number of carbonyl (C=O) groups is 1. The normalized spacial score (nSPS) is 18.7. The van der Waals surface area contributed by atoms with Crippen LogP contribution in [0.4, 0.5) is 4.39 Å². The Kier molecular flexibility index (Phi) is 5.79. The number of sulfone groups is 2. The van der Waals surface area contributed by atoms with Crippen LogP contribution in [0.2, 0.25) is 5.02 Å². The molecule has 1 N–H and O–H groups in total. The zero-order valence-corrected chi connectivity index (χ0v) is 16.9. The van der Waals surface area contributed by atoms with Gasteiger partial charge < -0.3 is 5.32 Å². The molecule has 0 unspecified atom stereocenters. The summed E-state index contributed by atoms with van der Waals surface area (Å²) in [5, 5.41) is 1.97. The minimum Gasteiger partial charge on any atom is -0.348 e. The topological polar surface area (TPSA) is 97.4 Å². The van der Waals surface area contributed by atoms with Crippen molar-refractivity contribution in [2.45, 2.75) is 23.1 Å². The average molecular weight is 446 g/mol. The molecular weight excluding hydrogens is 429 g/mol. The molecule has 2 aromatic rings. The Morgan fingerprint density at radius 2 is 1.86 bits per heavy atom. The maximum absolute atomic E-state index is 14.1. The Morgan fingerprint density at radius 1 is 1.18 bits per heavy atom. The molecule has 1 heterocycles. The highest BCUT2D eigenvalue weighted by molar-refractivity contribution is 7.96. The van der Waals surface area contributed by atoms with E-state index in [1.807, 2.05) is 0 Å². The van der Waals surface area contributed by atoms with E-state index in [0.29, 0.717) is 5.02 Å². The summed E-state index contributed by atoms with van der Waals surface area (Å²) >= 11 is 5.79. The minimum atomic E-state index is -3.99. The van der Waals surface area contributed by atoms with Gasteiger partial charge in [-0.1, -0.05) is 23.7 Å². The molecule has 0 aromatic heterocycles. The van der Waals surface area contributed by atoms with Gasteiger partial charge in [0, 0.05) is 11.6 Å². The third-order valence-corrected chi connectivity index (χ3v) is 8.93. The Hall–Kier alpha value is -1.97. The van der Waals surface area contributed by atoms with Crippen LogP contribution in [-0.4, -0.2) is 39.5 Å². The van der Waals surface area contributed by atoms with Crippen molar-refractivity contribution in [3.8, 4) is 0 Å². The van der Waals surface area contributed by atoms with Crippen LogP contribution in [0.1, 0.15) is 22.3 Å². The number of halogens is 2. The molecule has 0 radical (unpaired) electrons. The Morgan fingerprint density at radius 3 is 2.46 bits per heavy atom. The second-order valence-corrected chi connectivity index (χ2v) is 11.4. The van der Waals surface area contributed by atoms with Crippen molar-refractivity contribution in [3.05, 3.63) is 64.4 Å². The lowest BCUT2D eigenvalue weighted by molar-refractivity contribution is 0.0946. The molecule has 28 heavy (non-hydrogen) atoms. The molecule has 2 aromatic carbocycles. The van der Waals surface area contributed by atoms with Gasteiger partial charge in [0.25, 0.3) is 5.91 Å². The molecule has 1 fully saturated rings. The number of benzene rings is 2. The van der Waals surface area contributed by atoms with Gasteiger partial charge in [0.05, 0.1) is 27.2 Å². The first kappa shape index (κ1) is 20.8. The lowest BCUT2D eigenvalue weighted by Gasteiger charge is -2.12. The van der Waals surface area contributed by atoms with Crippen molar-refractivity contribution in [2.75, 3.05) is 11.5 Å². The van der Waals surface area contributed by atoms with Crippen LogP contribution in [-0.2, 0) is 26.2 Å². The maximum atomic E-state index is 14.1. The van der Waals surface area contributed by atoms with E-state index >= 15 is 0 Å². The van der Waals surface area contributed by atoms with Gasteiger partial charge in [0.1, 0.15) is 5.82 Å². The predicted octanol–water partition coefficient (Wildman–Crippen LogP) is 2.37. The standard InChI is InChI=1S/C18H17ClFNO5S2/c19-13-3-1-12(2-4-13)10-21-18(22)16-9-14(5-6-17(16)20)28(25,26)15-7-8-27(23,24)11-15/h1-6,9,15H,7-8,10-11H2,(H,21,22)/t15-/m1/s1. The van der Waals surface area contributed by atoms with Crippen molar-refractivity contribution in [1.29, 1.82) is 0 Å². The average Bonchev–Trinajstić information content (AvgIpc) is 3.02. The lowest BCUT2D eigenvalue weighted by Crippen LogP contribution is -2.26. The Bertz CT molecular complexity index is 1120. The van der Waals surface area contributed by atoms with E-state index in [1.54, 1.807) is 24.3 Å². The summed E-state index contributed by atoms with van der Waals surface area (Å²) < 4.78 is 62.7. The molecule has 150 valence electrons. The molecular formula is C18H17ClFNO5S2. The minimum absolute atomic E-state index is 0.0138. The van der Waals surface area contributed by atoms with E-state index in [2.05, 4.69) is 5.32 Å². The highest BCUT2D eigenvalue weighted by Gasteiger charge is 2.38. The fourth-order valence-electron chi connectivity index (χ4n) is 2.93. The van der Waals surface area contributed by atoms with E-state index in [1.165, 1.54) is 0 Å². The summed E-state index contributed by atoms with van der Waals surface area (Å²) in [6.07, 6.45) is -0.0138. The van der Waals surface area contributed by atoms with Crippen molar-refractivity contribution in [2.24, 2.45) is 0 Å². The first-order valence-corrected chi connectivity index (χ1v) is 12.1. The molecule has 1 aliphatic heterocycles. The van der Waals surface area contributed by atoms with Gasteiger partial charge in [-0.25, -0.2) is 21.2 Å². The van der Waals surface area contributed by atoms with E-state index < -0.39 is 48.0 Å². The Balaban J connectivity index is 1.81. The monoisotopic (exact) mass is 445 g/mol. The SMILES string of the molecule is O=C(NCc1ccc(Cl)cc1)c1cc(S(=O)(=O)[C@@H]2CCS(=O)(=O)C2)ccc1F. The largest absolute Gasteiger partial charge is 0.348 e. The molecule has 1 saturated heterocycles. The molecule has 0 saturated carbocycles. The summed E-state index contributed by atoms with van der Waals surface area (Å²) in [5.41, 5.74) is 0.314. The molecule has 1 aliphatic rings. The second kappa shape index (κ2) is 7.81. The van der Waals surface area contributed by atoms with Crippen LogP contribution >= 0.6 is 11.6 Å². The lowest BCUT2D eigenvalue weighted by atomic mass is 10.2. The molecule has 0 aliphatic carbocycles. The van der Waals surface area contributed by atoms with Crippen LogP contribution in [0.5, 0.6) is 0 Å². The summed E-state index contributed by atoms with van der Waals surface area (Å²) in [7, 11) is -7.40. The highest BCUT2D eigenvalue weighted by Crippen LogP contribution is 2.26. The number of carbonyl (C=O) groups excluding carboxylic acids is 1. The first-order valence-electron chi connectivity index (χ1n) is 8.35. The summed E-state index contributed by atoms with van der Waals surface area (Å²) in [6, 6.07) is 9.58. The van der Waals surface area contributed by atoms with Gasteiger partial charge in [-0.05, 0) is 42.3 Å². The van der Waals surface area contributed by atoms with Crippen molar-refractivity contribution >= 4 is 37.2 Å². The van der Waals surface area contributed by atoms with Gasteiger partial charge in [0.2, 0.25) is 0 Å². The summed E-state index contributed by atoms with van der Waals surface area (Å²) in [6.45, 7) is 0.104. The van der Waals surface area contributed by atoms with E-state index in [4.69, 9.17) is 11.6 Å². The van der Waals surface area contributed by atoms with Crippen molar-refractivity contribution in [1.82, 2.24) is 5.32 Å². The first-order chi connectivity index (χ1) is 13.1. The summed E-state index contributed by atoms with van der Waals surface area (Å²) in [4.78, 5) is 12.1. The fourth-order valence-corrected chi connectivity index (χ4v) is 7.44. The molecule has 1 amide bonds. The van der Waals surface area contributed by atoms with E-state index in [0.717, 1.165) is 23.8 Å². The molecule has 0 bridgehead atoms. The maximum Gasteiger partial charge on any atom is 0.254 e. The number of hydrogen-bond acceptors (Lipinski definition) is 5. The third-order valence-electron chi connectivity index (χ3n) is 4.51. The molecule has 6 nitrogen and oxygen atoms in total. The van der Waals surface area contributed by atoms with Crippen LogP contribution in [0.25, 0.3) is 0 Å². The van der Waals surface area contributed by atoms with E-state index in [-0.39, 0.29) is 23.6 Å². The van der Waals surface area contributed by atoms with Crippen LogP contribution < -0.4 is 5.32 Å². The summed E-state index contributed by atoms with van der Waals surface area (Å²) in [5.74, 6) is -2.31. The number of hydrogen-bond donors (Lipinski definition) is 1. The van der Waals surface area contributed by atoms with Crippen molar-refractivity contribution < 1.29 is 26.0 Å². The zero-order valence-electron chi connectivity index (χ0n) is 14.6. The number of amides is 1.